The first-order valence-corrected chi connectivity index (χ1v) is 4.14. The Labute approximate surface area is 71.3 Å². The molecule has 1 rings (SSSR count). The van der Waals surface area contributed by atoms with Crippen molar-refractivity contribution in [3.63, 3.8) is 0 Å². The SMILES string of the molecule is CC1CN(C(=O)Cl)CCCO1. The van der Waals surface area contributed by atoms with E-state index in [1.165, 1.54) is 0 Å². The molecule has 4 heteroatoms. The maximum Gasteiger partial charge on any atom is 0.316 e. The van der Waals surface area contributed by atoms with Gasteiger partial charge in [0.05, 0.1) is 6.10 Å². The number of ether oxygens (including phenoxy) is 1. The lowest BCUT2D eigenvalue weighted by atomic mass is 10.4. The second kappa shape index (κ2) is 3.93. The summed E-state index contributed by atoms with van der Waals surface area (Å²) in [5, 5.41) is -0.373. The van der Waals surface area contributed by atoms with Gasteiger partial charge in [0.25, 0.3) is 0 Å². The Morgan fingerprint density at radius 1 is 1.73 bits per heavy atom. The Morgan fingerprint density at radius 3 is 3.09 bits per heavy atom. The predicted molar refractivity (Wildman–Crippen MR) is 42.9 cm³/mol. The first-order chi connectivity index (χ1) is 5.20. The molecule has 1 saturated heterocycles. The number of hydrogen-bond acceptors (Lipinski definition) is 2. The van der Waals surface area contributed by atoms with Crippen molar-refractivity contribution in [1.82, 2.24) is 4.90 Å². The fourth-order valence-corrected chi connectivity index (χ4v) is 1.31. The van der Waals surface area contributed by atoms with Gasteiger partial charge in [0.2, 0.25) is 0 Å². The van der Waals surface area contributed by atoms with Gasteiger partial charge < -0.3 is 9.64 Å². The second-order valence-electron chi connectivity index (χ2n) is 2.73. The fraction of sp³-hybridized carbons (Fsp3) is 0.857. The molecule has 1 amide bonds. The van der Waals surface area contributed by atoms with E-state index in [0.29, 0.717) is 13.1 Å². The molecule has 0 radical (unpaired) electrons. The highest BCUT2D eigenvalue weighted by atomic mass is 35.5. The molecule has 1 fully saturated rings. The number of rotatable bonds is 0. The van der Waals surface area contributed by atoms with E-state index in [4.69, 9.17) is 16.3 Å². The summed E-state index contributed by atoms with van der Waals surface area (Å²) < 4.78 is 5.33. The first-order valence-electron chi connectivity index (χ1n) is 3.76. The van der Waals surface area contributed by atoms with Crippen molar-refractivity contribution in [2.24, 2.45) is 0 Å². The van der Waals surface area contributed by atoms with E-state index in [9.17, 15) is 4.79 Å². The van der Waals surface area contributed by atoms with Gasteiger partial charge in [-0.1, -0.05) is 0 Å². The van der Waals surface area contributed by atoms with Crippen molar-refractivity contribution in [2.75, 3.05) is 19.7 Å². The third kappa shape index (κ3) is 2.67. The molecule has 64 valence electrons. The number of nitrogens with zero attached hydrogens (tertiary/aromatic N) is 1. The number of hydrogen-bond donors (Lipinski definition) is 0. The Bertz CT molecular complexity index is 151. The number of halogens is 1. The summed E-state index contributed by atoms with van der Waals surface area (Å²) in [6, 6.07) is 0. The van der Waals surface area contributed by atoms with Gasteiger partial charge in [0.1, 0.15) is 0 Å². The van der Waals surface area contributed by atoms with Crippen molar-refractivity contribution in [1.29, 1.82) is 0 Å². The quantitative estimate of drug-likeness (QED) is 0.414. The normalized spacial score (nSPS) is 26.4. The van der Waals surface area contributed by atoms with E-state index < -0.39 is 0 Å². The van der Waals surface area contributed by atoms with Crippen LogP contribution in [0.2, 0.25) is 0 Å². The van der Waals surface area contributed by atoms with Crippen LogP contribution in [0, 0.1) is 0 Å². The van der Waals surface area contributed by atoms with E-state index in [1.54, 1.807) is 4.90 Å². The maximum absolute atomic E-state index is 10.7. The van der Waals surface area contributed by atoms with Gasteiger partial charge in [-0.05, 0) is 24.9 Å². The van der Waals surface area contributed by atoms with E-state index in [0.717, 1.165) is 13.0 Å². The smallest absolute Gasteiger partial charge is 0.316 e. The minimum atomic E-state index is -0.373. The Kier molecular flexibility index (Phi) is 3.15. The Hall–Kier alpha value is -0.280. The first kappa shape index (κ1) is 8.81. The molecule has 0 aromatic heterocycles. The molecule has 1 aliphatic heterocycles. The van der Waals surface area contributed by atoms with Crippen LogP contribution in [0.4, 0.5) is 4.79 Å². The molecule has 0 aliphatic carbocycles. The van der Waals surface area contributed by atoms with Gasteiger partial charge in [-0.15, -0.1) is 0 Å². The summed E-state index contributed by atoms with van der Waals surface area (Å²) in [6.07, 6.45) is 0.989. The molecular weight excluding hydrogens is 166 g/mol. The van der Waals surface area contributed by atoms with Crippen LogP contribution in [-0.4, -0.2) is 36.1 Å². The zero-order valence-electron chi connectivity index (χ0n) is 6.55. The van der Waals surface area contributed by atoms with Gasteiger partial charge in [0, 0.05) is 19.7 Å². The Balaban J connectivity index is 2.45. The van der Waals surface area contributed by atoms with Gasteiger partial charge >= 0.3 is 5.37 Å². The topological polar surface area (TPSA) is 29.5 Å². The van der Waals surface area contributed by atoms with E-state index >= 15 is 0 Å². The zero-order chi connectivity index (χ0) is 8.27. The van der Waals surface area contributed by atoms with Crippen molar-refractivity contribution in [3.8, 4) is 0 Å². The number of carbonyl (C=O) groups excluding carboxylic acids is 1. The highest BCUT2D eigenvalue weighted by Gasteiger charge is 2.17. The molecule has 0 N–H and O–H groups in total. The Morgan fingerprint density at radius 2 is 2.45 bits per heavy atom. The molecule has 0 bridgehead atoms. The predicted octanol–water partition coefficient (Wildman–Crippen LogP) is 1.46. The van der Waals surface area contributed by atoms with Gasteiger partial charge in [-0.25, -0.2) is 0 Å². The summed E-state index contributed by atoms with van der Waals surface area (Å²) in [4.78, 5) is 12.3. The summed E-state index contributed by atoms with van der Waals surface area (Å²) in [7, 11) is 0. The number of amides is 1. The van der Waals surface area contributed by atoms with Crippen molar-refractivity contribution >= 4 is 17.0 Å². The third-order valence-corrected chi connectivity index (χ3v) is 1.94. The molecule has 0 aromatic rings. The van der Waals surface area contributed by atoms with Crippen LogP contribution < -0.4 is 0 Å². The van der Waals surface area contributed by atoms with Crippen LogP contribution in [0.5, 0.6) is 0 Å². The number of carbonyl (C=O) groups is 1. The average Bonchev–Trinajstić information content (AvgIpc) is 2.13. The molecule has 1 unspecified atom stereocenters. The standard InChI is InChI=1S/C7H12ClNO2/c1-6-5-9(7(8)10)3-2-4-11-6/h6H,2-5H2,1H3. The minimum absolute atomic E-state index is 0.111. The van der Waals surface area contributed by atoms with Gasteiger partial charge in [0.15, 0.2) is 0 Å². The summed E-state index contributed by atoms with van der Waals surface area (Å²) in [6.45, 7) is 4.00. The van der Waals surface area contributed by atoms with E-state index in [-0.39, 0.29) is 11.5 Å². The summed E-state index contributed by atoms with van der Waals surface area (Å²) in [5.41, 5.74) is 0. The molecule has 1 heterocycles. The van der Waals surface area contributed by atoms with Crippen molar-refractivity contribution in [2.45, 2.75) is 19.4 Å². The molecule has 11 heavy (non-hydrogen) atoms. The average molecular weight is 178 g/mol. The van der Waals surface area contributed by atoms with Gasteiger partial charge in [-0.2, -0.15) is 0 Å². The lowest BCUT2D eigenvalue weighted by molar-refractivity contribution is 0.0724. The van der Waals surface area contributed by atoms with Crippen molar-refractivity contribution < 1.29 is 9.53 Å². The molecule has 0 spiro atoms. The molecular formula is C7H12ClNO2. The minimum Gasteiger partial charge on any atom is -0.377 e. The molecule has 1 atom stereocenters. The summed E-state index contributed by atoms with van der Waals surface area (Å²) in [5.74, 6) is 0. The second-order valence-corrected chi connectivity index (χ2v) is 3.06. The van der Waals surface area contributed by atoms with Crippen LogP contribution >= 0.6 is 11.6 Å². The van der Waals surface area contributed by atoms with Crippen LogP contribution in [-0.2, 0) is 4.74 Å². The highest BCUT2D eigenvalue weighted by molar-refractivity contribution is 6.62. The monoisotopic (exact) mass is 177 g/mol. The molecule has 0 saturated carbocycles. The molecule has 3 nitrogen and oxygen atoms in total. The van der Waals surface area contributed by atoms with Crippen LogP contribution in [0.3, 0.4) is 0 Å². The molecule has 1 aliphatic rings. The fourth-order valence-electron chi connectivity index (χ4n) is 1.15. The third-order valence-electron chi connectivity index (χ3n) is 1.70. The maximum atomic E-state index is 10.7. The largest absolute Gasteiger partial charge is 0.377 e. The van der Waals surface area contributed by atoms with E-state index in [2.05, 4.69) is 0 Å². The zero-order valence-corrected chi connectivity index (χ0v) is 7.30. The lowest BCUT2D eigenvalue weighted by Crippen LogP contribution is -2.32. The molecule has 0 aromatic carbocycles. The lowest BCUT2D eigenvalue weighted by Gasteiger charge is -2.18. The van der Waals surface area contributed by atoms with Crippen LogP contribution in [0.25, 0.3) is 0 Å². The van der Waals surface area contributed by atoms with E-state index in [1.807, 2.05) is 6.92 Å². The highest BCUT2D eigenvalue weighted by Crippen LogP contribution is 2.07. The van der Waals surface area contributed by atoms with Crippen LogP contribution in [0.15, 0.2) is 0 Å². The van der Waals surface area contributed by atoms with Gasteiger partial charge in [-0.3, -0.25) is 4.79 Å². The van der Waals surface area contributed by atoms with Crippen molar-refractivity contribution in [3.05, 3.63) is 0 Å². The van der Waals surface area contributed by atoms with Crippen LogP contribution in [0.1, 0.15) is 13.3 Å². The summed E-state index contributed by atoms with van der Waals surface area (Å²) >= 11 is 5.33.